The van der Waals surface area contributed by atoms with Gasteiger partial charge in [0, 0.05) is 23.3 Å². The molecule has 0 heterocycles. The van der Waals surface area contributed by atoms with Crippen LogP contribution in [-0.2, 0) is 9.24 Å². The third kappa shape index (κ3) is 4.29. The zero-order chi connectivity index (χ0) is 11.3. The van der Waals surface area contributed by atoms with Crippen LogP contribution in [0.5, 0.6) is 0 Å². The highest BCUT2D eigenvalue weighted by Crippen LogP contribution is 2.26. The van der Waals surface area contributed by atoms with Gasteiger partial charge in [0.15, 0.2) is 0 Å². The molecule has 0 N–H and O–H groups in total. The summed E-state index contributed by atoms with van der Waals surface area (Å²) in [5.41, 5.74) is 0. The topological polar surface area (TPSA) is 37.4 Å². The maximum Gasteiger partial charge on any atom is 0.300 e. The van der Waals surface area contributed by atoms with Crippen LogP contribution in [-0.4, -0.2) is 25.3 Å². The van der Waals surface area contributed by atoms with Crippen molar-refractivity contribution in [2.45, 2.75) is 57.9 Å². The monoisotopic (exact) mass is 253 g/mol. The average molecular weight is 254 g/mol. The molecule has 0 amide bonds. The van der Waals surface area contributed by atoms with Gasteiger partial charge in [0.25, 0.3) is 9.24 Å². The van der Waals surface area contributed by atoms with Crippen LogP contribution in [0.4, 0.5) is 0 Å². The maximum atomic E-state index is 11.4. The fraction of sp³-hybridized carbons (Fsp3) is 1.00. The van der Waals surface area contributed by atoms with Gasteiger partial charge in [0.1, 0.15) is 0 Å². The van der Waals surface area contributed by atoms with Gasteiger partial charge in [-0.1, -0.05) is 32.6 Å². The van der Waals surface area contributed by atoms with Crippen LogP contribution in [0, 0.1) is 0 Å². The molecule has 0 aromatic rings. The first-order valence-corrected chi connectivity index (χ1v) is 8.03. The molecule has 0 spiro atoms. The molecular weight excluding hydrogens is 234 g/mol. The quantitative estimate of drug-likeness (QED) is 0.707. The number of hydrogen-bond donors (Lipinski definition) is 0. The van der Waals surface area contributed by atoms with E-state index in [1.807, 2.05) is 0 Å². The second kappa shape index (κ2) is 6.06. The smallest absolute Gasteiger partial charge is 0.195 e. The lowest BCUT2D eigenvalue weighted by Gasteiger charge is -2.31. The minimum Gasteiger partial charge on any atom is -0.195 e. The Labute approximate surface area is 97.3 Å². The standard InChI is InChI=1S/C10H20ClNO2S/c1-2-3-9-12(15(11,13)14)10-7-5-4-6-8-10/h10H,2-9H2,1H3. The fourth-order valence-electron chi connectivity index (χ4n) is 2.15. The summed E-state index contributed by atoms with van der Waals surface area (Å²) in [5.74, 6) is 0. The molecule has 0 saturated heterocycles. The van der Waals surface area contributed by atoms with E-state index in [1.165, 1.54) is 10.7 Å². The summed E-state index contributed by atoms with van der Waals surface area (Å²) in [7, 11) is 1.94. The first kappa shape index (κ1) is 13.3. The highest BCUT2D eigenvalue weighted by atomic mass is 35.7. The zero-order valence-electron chi connectivity index (χ0n) is 9.28. The van der Waals surface area contributed by atoms with Gasteiger partial charge in [0.2, 0.25) is 0 Å². The van der Waals surface area contributed by atoms with E-state index in [9.17, 15) is 8.42 Å². The van der Waals surface area contributed by atoms with E-state index in [0.717, 1.165) is 38.5 Å². The van der Waals surface area contributed by atoms with Crippen LogP contribution >= 0.6 is 10.7 Å². The molecule has 0 aromatic carbocycles. The van der Waals surface area contributed by atoms with Gasteiger partial charge >= 0.3 is 0 Å². The van der Waals surface area contributed by atoms with Gasteiger partial charge in [-0.2, -0.15) is 12.7 Å². The van der Waals surface area contributed by atoms with Gasteiger partial charge in [-0.15, -0.1) is 0 Å². The molecule has 0 bridgehead atoms. The summed E-state index contributed by atoms with van der Waals surface area (Å²) in [6.45, 7) is 2.63. The first-order valence-electron chi connectivity index (χ1n) is 5.77. The highest BCUT2D eigenvalue weighted by Gasteiger charge is 2.28. The number of unbranched alkanes of at least 4 members (excludes halogenated alkanes) is 1. The SMILES string of the molecule is CCCCN(C1CCCCC1)S(=O)(=O)Cl. The Morgan fingerprint density at radius 3 is 2.33 bits per heavy atom. The summed E-state index contributed by atoms with van der Waals surface area (Å²) in [4.78, 5) is 0. The first-order chi connectivity index (χ1) is 7.05. The van der Waals surface area contributed by atoms with E-state index in [-0.39, 0.29) is 6.04 Å². The molecule has 1 aliphatic rings. The normalized spacial score (nSPS) is 19.7. The van der Waals surface area contributed by atoms with Gasteiger partial charge in [-0.25, -0.2) is 0 Å². The molecule has 0 unspecified atom stereocenters. The van der Waals surface area contributed by atoms with E-state index in [2.05, 4.69) is 6.92 Å². The Balaban J connectivity index is 2.62. The molecule has 1 fully saturated rings. The molecule has 90 valence electrons. The Morgan fingerprint density at radius 2 is 1.87 bits per heavy atom. The fourth-order valence-corrected chi connectivity index (χ4v) is 3.61. The van der Waals surface area contributed by atoms with E-state index >= 15 is 0 Å². The molecule has 0 aromatic heterocycles. The van der Waals surface area contributed by atoms with Crippen LogP contribution < -0.4 is 0 Å². The average Bonchev–Trinajstić information content (AvgIpc) is 2.18. The van der Waals surface area contributed by atoms with Crippen molar-refractivity contribution in [3.63, 3.8) is 0 Å². The van der Waals surface area contributed by atoms with Gasteiger partial charge < -0.3 is 0 Å². The third-order valence-corrected chi connectivity index (χ3v) is 4.57. The second-order valence-electron chi connectivity index (χ2n) is 4.20. The molecule has 1 saturated carbocycles. The van der Waals surface area contributed by atoms with Crippen molar-refractivity contribution in [2.75, 3.05) is 6.54 Å². The van der Waals surface area contributed by atoms with Gasteiger partial charge in [-0.05, 0) is 19.3 Å². The molecule has 15 heavy (non-hydrogen) atoms. The molecule has 0 atom stereocenters. The molecule has 1 rings (SSSR count). The lowest BCUT2D eigenvalue weighted by Crippen LogP contribution is -2.39. The van der Waals surface area contributed by atoms with Crippen molar-refractivity contribution in [3.05, 3.63) is 0 Å². The van der Waals surface area contributed by atoms with Crippen molar-refractivity contribution in [2.24, 2.45) is 0 Å². The third-order valence-electron chi connectivity index (χ3n) is 2.99. The lowest BCUT2D eigenvalue weighted by atomic mass is 9.95. The number of nitrogens with zero attached hydrogens (tertiary/aromatic N) is 1. The van der Waals surface area contributed by atoms with Crippen LogP contribution in [0.2, 0.25) is 0 Å². The number of hydrogen-bond acceptors (Lipinski definition) is 2. The molecule has 5 heteroatoms. The maximum absolute atomic E-state index is 11.4. The minimum absolute atomic E-state index is 0.146. The van der Waals surface area contributed by atoms with Crippen molar-refractivity contribution >= 4 is 19.9 Å². The van der Waals surface area contributed by atoms with E-state index in [0.29, 0.717) is 6.54 Å². The van der Waals surface area contributed by atoms with E-state index in [4.69, 9.17) is 10.7 Å². The lowest BCUT2D eigenvalue weighted by molar-refractivity contribution is 0.254. The Kier molecular flexibility index (Phi) is 5.36. The van der Waals surface area contributed by atoms with Crippen LogP contribution in [0.1, 0.15) is 51.9 Å². The van der Waals surface area contributed by atoms with Crippen molar-refractivity contribution in [1.82, 2.24) is 4.31 Å². The van der Waals surface area contributed by atoms with Crippen LogP contribution in [0.25, 0.3) is 0 Å². The molecule has 0 aliphatic heterocycles. The zero-order valence-corrected chi connectivity index (χ0v) is 10.9. The Bertz CT molecular complexity index is 273. The second-order valence-corrected chi connectivity index (χ2v) is 6.66. The Morgan fingerprint density at radius 1 is 1.27 bits per heavy atom. The number of rotatable bonds is 5. The largest absolute Gasteiger partial charge is 0.300 e. The number of halogens is 1. The molecule has 3 nitrogen and oxygen atoms in total. The highest BCUT2D eigenvalue weighted by molar-refractivity contribution is 8.11. The van der Waals surface area contributed by atoms with Crippen molar-refractivity contribution < 1.29 is 8.42 Å². The Hall–Kier alpha value is 0.200. The summed E-state index contributed by atoms with van der Waals surface area (Å²) in [6, 6.07) is 0.146. The van der Waals surface area contributed by atoms with E-state index < -0.39 is 9.24 Å². The summed E-state index contributed by atoms with van der Waals surface area (Å²) in [5, 5.41) is 0. The summed E-state index contributed by atoms with van der Waals surface area (Å²) < 4.78 is 24.4. The predicted molar refractivity (Wildman–Crippen MR) is 63.3 cm³/mol. The molecular formula is C10H20ClNO2S. The predicted octanol–water partition coefficient (Wildman–Crippen LogP) is 2.90. The molecule has 1 aliphatic carbocycles. The minimum atomic E-state index is -3.53. The van der Waals surface area contributed by atoms with E-state index in [1.54, 1.807) is 0 Å². The molecule has 0 radical (unpaired) electrons. The van der Waals surface area contributed by atoms with Gasteiger partial charge in [0.05, 0.1) is 0 Å². The van der Waals surface area contributed by atoms with Crippen molar-refractivity contribution in [1.29, 1.82) is 0 Å². The summed E-state index contributed by atoms with van der Waals surface area (Å²) >= 11 is 0. The summed E-state index contributed by atoms with van der Waals surface area (Å²) in [6.07, 6.45) is 7.29. The van der Waals surface area contributed by atoms with Crippen LogP contribution in [0.3, 0.4) is 0 Å². The van der Waals surface area contributed by atoms with Gasteiger partial charge in [-0.3, -0.25) is 0 Å². The van der Waals surface area contributed by atoms with Crippen LogP contribution in [0.15, 0.2) is 0 Å². The van der Waals surface area contributed by atoms with Crippen molar-refractivity contribution in [3.8, 4) is 0 Å².